The van der Waals surface area contributed by atoms with E-state index in [1.54, 1.807) is 36.4 Å². The first-order chi connectivity index (χ1) is 13.6. The summed E-state index contributed by atoms with van der Waals surface area (Å²) in [5.74, 6) is -0.943. The molecule has 0 radical (unpaired) electrons. The maximum absolute atomic E-state index is 12.5. The van der Waals surface area contributed by atoms with Crippen molar-refractivity contribution in [1.82, 2.24) is 4.31 Å². The van der Waals surface area contributed by atoms with E-state index in [1.165, 1.54) is 33.2 Å². The number of para-hydroxylation sites is 2. The number of hydrogen-bond acceptors (Lipinski definition) is 6. The van der Waals surface area contributed by atoms with Crippen LogP contribution >= 0.6 is 0 Å². The second kappa shape index (κ2) is 9.53. The van der Waals surface area contributed by atoms with E-state index in [2.05, 4.69) is 5.32 Å². The van der Waals surface area contributed by atoms with Gasteiger partial charge in [0.15, 0.2) is 6.10 Å². The summed E-state index contributed by atoms with van der Waals surface area (Å²) >= 11 is 0. The lowest BCUT2D eigenvalue weighted by molar-refractivity contribution is -0.153. The minimum absolute atomic E-state index is 0.0698. The van der Waals surface area contributed by atoms with E-state index in [4.69, 9.17) is 9.47 Å². The SMILES string of the molecule is COc1ccccc1NC(=O)[C@H](C)OC(=O)CN(C)S(=O)(=O)c1ccc(C)cc1. The average molecular weight is 420 g/mol. The van der Waals surface area contributed by atoms with Crippen molar-refractivity contribution in [3.63, 3.8) is 0 Å². The number of carbonyl (C=O) groups is 2. The zero-order valence-corrected chi connectivity index (χ0v) is 17.5. The number of nitrogens with one attached hydrogen (secondary N) is 1. The molecule has 0 aliphatic heterocycles. The van der Waals surface area contributed by atoms with E-state index in [0.717, 1.165) is 9.87 Å². The van der Waals surface area contributed by atoms with Gasteiger partial charge in [-0.1, -0.05) is 29.8 Å². The standard InChI is InChI=1S/C20H24N2O6S/c1-14-9-11-16(12-10-14)29(25,26)22(3)13-19(23)28-15(2)20(24)21-17-7-5-6-8-18(17)27-4/h5-12,15H,13H2,1-4H3,(H,21,24)/t15-/m0/s1. The average Bonchev–Trinajstić information content (AvgIpc) is 2.68. The number of methoxy groups -OCH3 is 1. The Morgan fingerprint density at radius 2 is 1.72 bits per heavy atom. The molecule has 0 unspecified atom stereocenters. The molecule has 0 bridgehead atoms. The molecule has 0 spiro atoms. The van der Waals surface area contributed by atoms with Crippen LogP contribution in [0.15, 0.2) is 53.4 Å². The molecule has 2 rings (SSSR count). The highest BCUT2D eigenvalue weighted by molar-refractivity contribution is 7.89. The van der Waals surface area contributed by atoms with Gasteiger partial charge in [-0.2, -0.15) is 4.31 Å². The number of amides is 1. The first-order valence-electron chi connectivity index (χ1n) is 8.81. The Morgan fingerprint density at radius 1 is 1.10 bits per heavy atom. The van der Waals surface area contributed by atoms with Gasteiger partial charge in [0.1, 0.15) is 12.3 Å². The number of sulfonamides is 1. The minimum Gasteiger partial charge on any atom is -0.495 e. The van der Waals surface area contributed by atoms with E-state index in [0.29, 0.717) is 11.4 Å². The van der Waals surface area contributed by atoms with Crippen LogP contribution in [-0.2, 0) is 24.3 Å². The first kappa shape index (κ1) is 22.4. The maximum Gasteiger partial charge on any atom is 0.322 e. The fraction of sp³-hybridized carbons (Fsp3) is 0.300. The van der Waals surface area contributed by atoms with Gasteiger partial charge < -0.3 is 14.8 Å². The van der Waals surface area contributed by atoms with E-state index >= 15 is 0 Å². The quantitative estimate of drug-likeness (QED) is 0.657. The monoisotopic (exact) mass is 420 g/mol. The Kier molecular flexibility index (Phi) is 7.35. The van der Waals surface area contributed by atoms with E-state index in [9.17, 15) is 18.0 Å². The van der Waals surface area contributed by atoms with Gasteiger partial charge in [-0.25, -0.2) is 8.42 Å². The number of aryl methyl sites for hydroxylation is 1. The Hall–Kier alpha value is -2.91. The summed E-state index contributed by atoms with van der Waals surface area (Å²) in [6, 6.07) is 13.1. The maximum atomic E-state index is 12.5. The third-order valence-electron chi connectivity index (χ3n) is 4.12. The Balaban J connectivity index is 1.96. The van der Waals surface area contributed by atoms with Crippen LogP contribution in [0, 0.1) is 6.92 Å². The molecule has 0 saturated carbocycles. The van der Waals surface area contributed by atoms with E-state index in [1.807, 2.05) is 6.92 Å². The molecule has 0 aliphatic carbocycles. The van der Waals surface area contributed by atoms with Crippen LogP contribution in [-0.4, -0.2) is 51.4 Å². The molecule has 0 aliphatic rings. The molecule has 8 nitrogen and oxygen atoms in total. The van der Waals surface area contributed by atoms with Crippen molar-refractivity contribution >= 4 is 27.6 Å². The van der Waals surface area contributed by atoms with Crippen LogP contribution in [0.5, 0.6) is 5.75 Å². The Labute approximate surface area is 170 Å². The van der Waals surface area contributed by atoms with Crippen molar-refractivity contribution < 1.29 is 27.5 Å². The lowest BCUT2D eigenvalue weighted by Gasteiger charge is -2.19. The summed E-state index contributed by atoms with van der Waals surface area (Å²) < 4.78 is 36.2. The fourth-order valence-corrected chi connectivity index (χ4v) is 3.54. The summed E-state index contributed by atoms with van der Waals surface area (Å²) in [5.41, 5.74) is 1.35. The number of anilines is 1. The summed E-state index contributed by atoms with van der Waals surface area (Å²) in [6.07, 6.45) is -1.12. The zero-order chi connectivity index (χ0) is 21.6. The summed E-state index contributed by atoms with van der Waals surface area (Å²) in [6.45, 7) is 2.72. The smallest absolute Gasteiger partial charge is 0.322 e. The van der Waals surface area contributed by atoms with Crippen molar-refractivity contribution in [2.24, 2.45) is 0 Å². The predicted octanol–water partition coefficient (Wildman–Crippen LogP) is 2.19. The topological polar surface area (TPSA) is 102 Å². The zero-order valence-electron chi connectivity index (χ0n) is 16.7. The van der Waals surface area contributed by atoms with Crippen LogP contribution in [0.25, 0.3) is 0 Å². The van der Waals surface area contributed by atoms with Gasteiger partial charge in [-0.05, 0) is 38.1 Å². The number of esters is 1. The molecule has 2 aromatic rings. The first-order valence-corrected chi connectivity index (χ1v) is 10.3. The Morgan fingerprint density at radius 3 is 2.34 bits per heavy atom. The molecule has 0 aromatic heterocycles. The van der Waals surface area contributed by atoms with Crippen molar-refractivity contribution in [1.29, 1.82) is 0 Å². The van der Waals surface area contributed by atoms with E-state index in [-0.39, 0.29) is 4.90 Å². The number of benzene rings is 2. The highest BCUT2D eigenvalue weighted by Gasteiger charge is 2.26. The lowest BCUT2D eigenvalue weighted by Crippen LogP contribution is -2.37. The van der Waals surface area contributed by atoms with Gasteiger partial charge in [-0.15, -0.1) is 0 Å². The van der Waals surface area contributed by atoms with Gasteiger partial charge in [0.2, 0.25) is 10.0 Å². The molecule has 0 heterocycles. The summed E-state index contributed by atoms with van der Waals surface area (Å²) in [7, 11) is -1.10. The predicted molar refractivity (Wildman–Crippen MR) is 108 cm³/mol. The molecule has 1 N–H and O–H groups in total. The van der Waals surface area contributed by atoms with Crippen molar-refractivity contribution in [3.8, 4) is 5.75 Å². The number of likely N-dealkylation sites (N-methyl/N-ethyl adjacent to an activating group) is 1. The molecule has 0 fully saturated rings. The third-order valence-corrected chi connectivity index (χ3v) is 5.94. The van der Waals surface area contributed by atoms with Gasteiger partial charge >= 0.3 is 5.97 Å². The molecule has 1 atom stereocenters. The number of carbonyl (C=O) groups excluding carboxylic acids is 2. The minimum atomic E-state index is -3.85. The molecule has 0 saturated heterocycles. The van der Waals surface area contributed by atoms with Crippen molar-refractivity contribution in [2.75, 3.05) is 26.0 Å². The summed E-state index contributed by atoms with van der Waals surface area (Å²) in [5, 5.41) is 2.61. The summed E-state index contributed by atoms with van der Waals surface area (Å²) in [4.78, 5) is 24.5. The van der Waals surface area contributed by atoms with Gasteiger partial charge in [-0.3, -0.25) is 9.59 Å². The van der Waals surface area contributed by atoms with Crippen LogP contribution in [0.1, 0.15) is 12.5 Å². The molecule has 156 valence electrons. The molecule has 2 aromatic carbocycles. The highest BCUT2D eigenvalue weighted by Crippen LogP contribution is 2.23. The van der Waals surface area contributed by atoms with Crippen LogP contribution in [0.2, 0.25) is 0 Å². The van der Waals surface area contributed by atoms with Crippen LogP contribution in [0.4, 0.5) is 5.69 Å². The van der Waals surface area contributed by atoms with E-state index < -0.39 is 34.5 Å². The van der Waals surface area contributed by atoms with Gasteiger partial charge in [0, 0.05) is 7.05 Å². The van der Waals surface area contributed by atoms with Gasteiger partial charge in [0.05, 0.1) is 17.7 Å². The number of rotatable bonds is 8. The van der Waals surface area contributed by atoms with Crippen LogP contribution in [0.3, 0.4) is 0 Å². The molecular formula is C20H24N2O6S. The normalized spacial score (nSPS) is 12.3. The van der Waals surface area contributed by atoms with Crippen LogP contribution < -0.4 is 10.1 Å². The molecule has 29 heavy (non-hydrogen) atoms. The Bertz CT molecular complexity index is 973. The second-order valence-electron chi connectivity index (χ2n) is 6.40. The molecule has 1 amide bonds. The number of hydrogen-bond donors (Lipinski definition) is 1. The molecular weight excluding hydrogens is 396 g/mol. The van der Waals surface area contributed by atoms with Gasteiger partial charge in [0.25, 0.3) is 5.91 Å². The van der Waals surface area contributed by atoms with Crippen molar-refractivity contribution in [3.05, 3.63) is 54.1 Å². The fourth-order valence-electron chi connectivity index (χ4n) is 2.43. The lowest BCUT2D eigenvalue weighted by atomic mass is 10.2. The largest absolute Gasteiger partial charge is 0.495 e. The van der Waals surface area contributed by atoms with Crippen molar-refractivity contribution in [2.45, 2.75) is 24.8 Å². The third kappa shape index (κ3) is 5.78. The second-order valence-corrected chi connectivity index (χ2v) is 8.44. The number of nitrogens with zero attached hydrogens (tertiary/aromatic N) is 1. The highest BCUT2D eigenvalue weighted by atomic mass is 32.2. The number of ether oxygens (including phenoxy) is 2. The molecule has 9 heteroatoms.